The van der Waals surface area contributed by atoms with Crippen LogP contribution >= 0.6 is 0 Å². The van der Waals surface area contributed by atoms with Crippen LogP contribution in [0.2, 0.25) is 0 Å². The van der Waals surface area contributed by atoms with Crippen molar-refractivity contribution in [2.75, 3.05) is 32.9 Å². The zero-order valence-electron chi connectivity index (χ0n) is 32.5. The lowest BCUT2D eigenvalue weighted by molar-refractivity contribution is -0.298. The van der Waals surface area contributed by atoms with E-state index in [1.165, 1.54) is 0 Å². The molecule has 3 aliphatic heterocycles. The molecule has 0 bridgehead atoms. The van der Waals surface area contributed by atoms with Crippen molar-refractivity contribution in [1.82, 2.24) is 10.2 Å². The number of fused-ring (bicyclic) bond motifs is 1. The van der Waals surface area contributed by atoms with Crippen LogP contribution in [0.3, 0.4) is 0 Å². The first-order chi connectivity index (χ1) is 27.0. The Morgan fingerprint density at radius 3 is 2.34 bits per heavy atom. The van der Waals surface area contributed by atoms with Gasteiger partial charge in [-0.1, -0.05) is 63.8 Å². The number of rotatable bonds is 19. The lowest BCUT2D eigenvalue weighted by atomic mass is 9.91. The summed E-state index contributed by atoms with van der Waals surface area (Å²) in [5.41, 5.74) is 1.42. The first-order valence-corrected chi connectivity index (χ1v) is 20.2. The minimum absolute atomic E-state index is 0.0166. The number of ether oxygens (including phenoxy) is 5. The number of likely N-dealkylation sites (tertiary alicyclic amines) is 1. The maximum absolute atomic E-state index is 14.1. The molecular weight excluding hydrogens is 728 g/mol. The third-order valence-electron chi connectivity index (χ3n) is 10.9. The molecule has 6 N–H and O–H groups in total. The van der Waals surface area contributed by atoms with Crippen LogP contribution in [0.25, 0.3) is 6.08 Å². The van der Waals surface area contributed by atoms with Crippen LogP contribution in [-0.2, 0) is 33.3 Å². The molecule has 2 amide bonds. The number of benzene rings is 1. The number of nitrogens with zero attached hydrogens (tertiary/aromatic N) is 1. The average Bonchev–Trinajstić information content (AvgIpc) is 3.84. The number of aliphatic hydroxyl groups is 5. The summed E-state index contributed by atoms with van der Waals surface area (Å²) in [5.74, 6) is -2.09. The molecule has 0 saturated carbocycles. The number of aliphatic hydroxyl groups excluding tert-OH is 5. The molecule has 3 fully saturated rings. The lowest BCUT2D eigenvalue weighted by Gasteiger charge is -2.39. The number of hydrogen-bond donors (Lipinski definition) is 6. The van der Waals surface area contributed by atoms with E-state index in [0.29, 0.717) is 37.8 Å². The summed E-state index contributed by atoms with van der Waals surface area (Å²) in [4.78, 5) is 42.3. The fourth-order valence-electron chi connectivity index (χ4n) is 7.83. The molecule has 1 aromatic carbocycles. The molecule has 312 valence electrons. The quantitative estimate of drug-likeness (QED) is 0.0877. The van der Waals surface area contributed by atoms with E-state index < -0.39 is 73.4 Å². The zero-order chi connectivity index (χ0) is 40.2. The first-order valence-electron chi connectivity index (χ1n) is 20.2. The molecule has 0 spiro atoms. The van der Waals surface area contributed by atoms with Crippen molar-refractivity contribution in [1.29, 1.82) is 0 Å². The number of esters is 1. The molecule has 1 aliphatic carbocycles. The van der Waals surface area contributed by atoms with Crippen LogP contribution in [-0.4, -0.2) is 142 Å². The van der Waals surface area contributed by atoms with Crippen molar-refractivity contribution in [3.63, 3.8) is 0 Å². The van der Waals surface area contributed by atoms with Crippen LogP contribution in [0.4, 0.5) is 0 Å². The summed E-state index contributed by atoms with van der Waals surface area (Å²) in [6.07, 6.45) is 4.74. The molecule has 9 atom stereocenters. The number of carbonyl (C=O) groups is 3. The zero-order valence-corrected chi connectivity index (χ0v) is 32.5. The van der Waals surface area contributed by atoms with Gasteiger partial charge in [-0.25, -0.2) is 4.79 Å². The van der Waals surface area contributed by atoms with E-state index in [0.717, 1.165) is 44.1 Å². The minimum atomic E-state index is -1.54. The van der Waals surface area contributed by atoms with Crippen LogP contribution in [0.5, 0.6) is 0 Å². The number of unbranched alkanes of at least 4 members (excludes halogenated alkanes) is 4. The highest BCUT2D eigenvalue weighted by atomic mass is 16.8. The molecule has 0 radical (unpaired) electrons. The Bertz CT molecular complexity index is 1490. The van der Waals surface area contributed by atoms with Gasteiger partial charge in [0.2, 0.25) is 11.8 Å². The van der Waals surface area contributed by atoms with Gasteiger partial charge in [0.15, 0.2) is 12.1 Å². The van der Waals surface area contributed by atoms with Gasteiger partial charge in [0.25, 0.3) is 0 Å². The van der Waals surface area contributed by atoms with E-state index in [9.17, 15) is 39.9 Å². The van der Waals surface area contributed by atoms with E-state index in [4.69, 9.17) is 23.7 Å². The number of hydrogen-bond acceptors (Lipinski definition) is 13. The maximum Gasteiger partial charge on any atom is 0.338 e. The molecule has 1 aromatic rings. The van der Waals surface area contributed by atoms with Gasteiger partial charge in [0.1, 0.15) is 48.8 Å². The molecule has 15 heteroatoms. The monoisotopic (exact) mass is 788 g/mol. The molecule has 3 saturated heterocycles. The standard InChI is InChI=1S/C41H60N2O13/c1-3-5-7-17-41(18-8-6-4-2)55-31-24-28(38(50)43-20-9-12-29(43)37(49)42-19-21-44)23-30(36(31)56-41)53-39(51)27-15-13-26(14-16-27)11-10-22-52-40-35(48)34(47)33(46)32(25-45)54-40/h10-11,13-16,24,29-36,40,44-48H,3-9,12,17-23,25H2,1-2H3,(H,42,49)/t29-,30-,31-,32-,33+,34+,35-,36+,40+/m1/s1. The van der Waals surface area contributed by atoms with Gasteiger partial charge in [-0.2, -0.15) is 0 Å². The predicted molar refractivity (Wildman–Crippen MR) is 203 cm³/mol. The molecule has 56 heavy (non-hydrogen) atoms. The van der Waals surface area contributed by atoms with Gasteiger partial charge in [-0.3, -0.25) is 9.59 Å². The summed E-state index contributed by atoms with van der Waals surface area (Å²) >= 11 is 0. The lowest BCUT2D eigenvalue weighted by Crippen LogP contribution is -2.59. The summed E-state index contributed by atoms with van der Waals surface area (Å²) in [7, 11) is 0. The smallest absolute Gasteiger partial charge is 0.338 e. The second-order valence-corrected chi connectivity index (χ2v) is 15.1. The Labute approximate surface area is 328 Å². The van der Waals surface area contributed by atoms with Gasteiger partial charge in [-0.05, 0) is 49.5 Å². The van der Waals surface area contributed by atoms with Crippen molar-refractivity contribution in [2.24, 2.45) is 0 Å². The van der Waals surface area contributed by atoms with Crippen molar-refractivity contribution in [3.8, 4) is 0 Å². The summed E-state index contributed by atoms with van der Waals surface area (Å²) in [6.45, 7) is 4.00. The van der Waals surface area contributed by atoms with Crippen molar-refractivity contribution in [2.45, 2.75) is 145 Å². The Hall–Kier alpha value is -3.25. The normalized spacial score (nSPS) is 29.9. The van der Waals surface area contributed by atoms with Gasteiger partial charge in [-0.15, -0.1) is 0 Å². The summed E-state index contributed by atoms with van der Waals surface area (Å²) in [5, 5.41) is 51.4. The molecule has 4 aliphatic rings. The van der Waals surface area contributed by atoms with Gasteiger partial charge in [0.05, 0.1) is 25.4 Å². The van der Waals surface area contributed by atoms with E-state index >= 15 is 0 Å². The average molecular weight is 789 g/mol. The van der Waals surface area contributed by atoms with Gasteiger partial charge < -0.3 is 59.4 Å². The van der Waals surface area contributed by atoms with E-state index in [1.807, 2.05) is 0 Å². The summed E-state index contributed by atoms with van der Waals surface area (Å²) < 4.78 is 30.5. The molecule has 0 aromatic heterocycles. The van der Waals surface area contributed by atoms with E-state index in [-0.39, 0.29) is 43.6 Å². The fraction of sp³-hybridized carbons (Fsp3) is 0.683. The molecule has 3 heterocycles. The van der Waals surface area contributed by atoms with Crippen molar-refractivity contribution < 1.29 is 63.6 Å². The van der Waals surface area contributed by atoms with Gasteiger partial charge >= 0.3 is 5.97 Å². The van der Waals surface area contributed by atoms with Crippen LogP contribution in [0.15, 0.2) is 42.0 Å². The highest BCUT2D eigenvalue weighted by molar-refractivity contribution is 5.98. The van der Waals surface area contributed by atoms with E-state index in [1.54, 1.807) is 47.4 Å². The topological polar surface area (TPSA) is 214 Å². The molecule has 0 unspecified atom stereocenters. The predicted octanol–water partition coefficient (Wildman–Crippen LogP) is 2.11. The van der Waals surface area contributed by atoms with Crippen LogP contribution < -0.4 is 5.32 Å². The van der Waals surface area contributed by atoms with E-state index in [2.05, 4.69) is 19.2 Å². The fourth-order valence-corrected chi connectivity index (χ4v) is 7.83. The third kappa shape index (κ3) is 10.8. The highest BCUT2D eigenvalue weighted by Crippen LogP contribution is 2.43. The number of amides is 2. The third-order valence-corrected chi connectivity index (χ3v) is 10.9. The Morgan fingerprint density at radius 2 is 1.68 bits per heavy atom. The second-order valence-electron chi connectivity index (χ2n) is 15.1. The molecule has 5 rings (SSSR count). The van der Waals surface area contributed by atoms with Crippen LogP contribution in [0, 0.1) is 0 Å². The Kier molecular flexibility index (Phi) is 16.4. The number of nitrogens with one attached hydrogen (secondary N) is 1. The Balaban J connectivity index is 1.28. The Morgan fingerprint density at radius 1 is 0.964 bits per heavy atom. The minimum Gasteiger partial charge on any atom is -0.456 e. The largest absolute Gasteiger partial charge is 0.456 e. The summed E-state index contributed by atoms with van der Waals surface area (Å²) in [6, 6.07) is 6.01. The molecular formula is C41H60N2O13. The maximum atomic E-state index is 14.1. The molecule has 15 nitrogen and oxygen atoms in total. The van der Waals surface area contributed by atoms with Gasteiger partial charge in [0, 0.05) is 37.9 Å². The van der Waals surface area contributed by atoms with Crippen molar-refractivity contribution >= 4 is 23.9 Å². The second kappa shape index (κ2) is 21.0. The SMILES string of the molecule is CCCCCC1(CCCCC)O[C@@H]2[C@@H](C=C(C(=O)N3CCC[C@@H]3C(=O)NCCO)C[C@H]2OC(=O)c2ccc(C=CCO[C@H]3O[C@H](CO)[C@H](O)[C@H](O)[C@H]3O)cc2)O1. The number of carbonyl (C=O) groups excluding carboxylic acids is 3. The van der Waals surface area contributed by atoms with Crippen LogP contribution in [0.1, 0.15) is 100 Å². The highest BCUT2D eigenvalue weighted by Gasteiger charge is 2.53. The van der Waals surface area contributed by atoms with Crippen molar-refractivity contribution in [3.05, 3.63) is 53.1 Å². The first kappa shape index (κ1) is 43.9.